The highest BCUT2D eigenvalue weighted by Gasteiger charge is 2.18. The topological polar surface area (TPSA) is 154 Å². The van der Waals surface area contributed by atoms with Crippen molar-refractivity contribution in [3.8, 4) is 0 Å². The average molecular weight is 1080 g/mol. The number of amides is 6. The van der Waals surface area contributed by atoms with Crippen LogP contribution >= 0.6 is 46.4 Å². The molecule has 0 radical (unpaired) electrons. The fourth-order valence-electron chi connectivity index (χ4n) is 8.80. The summed E-state index contributed by atoms with van der Waals surface area (Å²) in [5, 5.41) is 25.4. The van der Waals surface area contributed by atoms with Gasteiger partial charge in [-0.05, 0) is 178 Å². The molecule has 0 spiro atoms. The molecule has 3 aliphatic rings. The molecule has 3 fully saturated rings. The largest absolute Gasteiger partial charge is 0.369 e. The molecule has 74 heavy (non-hydrogen) atoms. The normalized spacial score (nSPS) is 16.2. The van der Waals surface area contributed by atoms with Crippen LogP contribution in [0.1, 0.15) is 66.7 Å². The number of urea groups is 3. The second-order valence-corrected chi connectivity index (χ2v) is 20.3. The van der Waals surface area contributed by atoms with Crippen molar-refractivity contribution in [2.24, 2.45) is 0 Å². The fraction of sp³-hybridized carbons (Fsp3) is 0.316. The van der Waals surface area contributed by atoms with Gasteiger partial charge in [-0.2, -0.15) is 0 Å². The molecule has 0 aromatic heterocycles. The van der Waals surface area contributed by atoms with Crippen molar-refractivity contribution in [2.45, 2.75) is 57.8 Å². The van der Waals surface area contributed by atoms with Crippen molar-refractivity contribution in [1.82, 2.24) is 15.5 Å². The molecular formula is C57H66Cl4N10O3. The Morgan fingerprint density at radius 3 is 1.38 bits per heavy atom. The number of anilines is 7. The molecule has 390 valence electrons. The molecule has 3 heterocycles. The number of piperazine rings is 1. The van der Waals surface area contributed by atoms with E-state index in [1.807, 2.05) is 61.5 Å². The number of unbranched alkanes of at least 4 members (excludes halogenated alkanes) is 1. The van der Waals surface area contributed by atoms with E-state index < -0.39 is 0 Å². The van der Waals surface area contributed by atoms with Crippen molar-refractivity contribution in [3.05, 3.63) is 170 Å². The van der Waals surface area contributed by atoms with Crippen LogP contribution in [0.2, 0.25) is 20.1 Å². The summed E-state index contributed by atoms with van der Waals surface area (Å²) < 4.78 is 0. The Bertz CT molecular complexity index is 2780. The number of nitrogens with one attached hydrogen (secondary N) is 8. The van der Waals surface area contributed by atoms with Gasteiger partial charge in [0.2, 0.25) is 0 Å². The molecule has 9 rings (SSSR count). The van der Waals surface area contributed by atoms with Gasteiger partial charge in [0.25, 0.3) is 0 Å². The Kier molecular flexibility index (Phi) is 21.1. The third-order valence-electron chi connectivity index (χ3n) is 13.1. The van der Waals surface area contributed by atoms with Gasteiger partial charge in [0, 0.05) is 79.1 Å². The Morgan fingerprint density at radius 1 is 0.527 bits per heavy atom. The summed E-state index contributed by atoms with van der Waals surface area (Å²) >= 11 is 23.6. The van der Waals surface area contributed by atoms with Crippen molar-refractivity contribution in [2.75, 3.05) is 96.2 Å². The van der Waals surface area contributed by atoms with Crippen LogP contribution in [0.4, 0.5) is 54.2 Å². The zero-order valence-electron chi connectivity index (χ0n) is 42.1. The highest BCUT2D eigenvalue weighted by molar-refractivity contribution is 6.42. The lowest BCUT2D eigenvalue weighted by Gasteiger charge is -2.34. The second kappa shape index (κ2) is 28.0. The number of carbonyl (C=O) groups is 3. The molecule has 0 saturated carbocycles. The molecule has 2 atom stereocenters. The van der Waals surface area contributed by atoms with Gasteiger partial charge < -0.3 is 52.3 Å². The standard InChI is InChI=1S/C22H29N3O.C18H20Cl2N4O.C17H17Cl2N3O/c1-3-4-5-17-6-11-21(16(2)14-17)25-22(26)24-20-9-7-18(8-10-20)19-12-13-23-15-19;1-23-8-10-24(11-9-23)15-5-2-13(3-6-15)21-18(25)22-14-4-7-16(19)17(20)12-14;18-15-6-5-14(9-16(15)19)22-17(23)21-13-3-1-11(2-4-13)12-7-8-20-10-12/h6-11,14,19,23H,3-5,12-13,15H2,1-2H3,(H2,24,25,26);2-7,12H,8-11H2,1H3,(H2,21,22,25);1-6,9,12,20H,7-8,10H2,(H2,21,22,23). The quantitative estimate of drug-likeness (QED) is 0.0607. The van der Waals surface area contributed by atoms with Gasteiger partial charge in [0.05, 0.1) is 20.1 Å². The van der Waals surface area contributed by atoms with Gasteiger partial charge in [-0.1, -0.05) is 96.1 Å². The number of carbonyl (C=O) groups excluding carboxylic acids is 3. The Labute approximate surface area is 455 Å². The summed E-state index contributed by atoms with van der Waals surface area (Å²) in [5.74, 6) is 1.15. The van der Waals surface area contributed by atoms with Crippen LogP contribution in [-0.2, 0) is 6.42 Å². The maximum absolute atomic E-state index is 12.3. The van der Waals surface area contributed by atoms with Gasteiger partial charge in [0.15, 0.2) is 0 Å². The highest BCUT2D eigenvalue weighted by atomic mass is 35.5. The zero-order valence-corrected chi connectivity index (χ0v) is 45.1. The Balaban J connectivity index is 0.000000162. The molecule has 8 N–H and O–H groups in total. The van der Waals surface area contributed by atoms with Crippen LogP contribution in [0, 0.1) is 6.92 Å². The maximum atomic E-state index is 12.3. The minimum absolute atomic E-state index is 0.204. The first-order valence-corrected chi connectivity index (χ1v) is 26.7. The predicted octanol–water partition coefficient (Wildman–Crippen LogP) is 14.2. The molecule has 6 aromatic carbocycles. The number of halogens is 4. The molecule has 6 amide bonds. The van der Waals surface area contributed by atoms with Crippen LogP contribution in [0.25, 0.3) is 0 Å². The average Bonchev–Trinajstić information content (AvgIpc) is 4.15. The van der Waals surface area contributed by atoms with E-state index in [1.165, 1.54) is 41.6 Å². The summed E-state index contributed by atoms with van der Waals surface area (Å²) in [7, 11) is 2.14. The maximum Gasteiger partial charge on any atom is 0.323 e. The van der Waals surface area contributed by atoms with Crippen LogP contribution in [0.5, 0.6) is 0 Å². The summed E-state index contributed by atoms with van der Waals surface area (Å²) in [6, 6.07) is 39.3. The third kappa shape index (κ3) is 17.3. The van der Waals surface area contributed by atoms with E-state index in [1.54, 1.807) is 36.4 Å². The summed E-state index contributed by atoms with van der Waals surface area (Å²) in [5.41, 5.74) is 10.5. The lowest BCUT2D eigenvalue weighted by Crippen LogP contribution is -2.44. The number of benzene rings is 6. The smallest absolute Gasteiger partial charge is 0.323 e. The minimum atomic E-state index is -0.328. The summed E-state index contributed by atoms with van der Waals surface area (Å²) in [6.45, 7) is 12.6. The number of hydrogen-bond acceptors (Lipinski definition) is 7. The third-order valence-corrected chi connectivity index (χ3v) is 14.6. The minimum Gasteiger partial charge on any atom is -0.369 e. The van der Waals surface area contributed by atoms with Gasteiger partial charge in [-0.3, -0.25) is 0 Å². The monoisotopic (exact) mass is 1080 g/mol. The molecule has 6 aromatic rings. The summed E-state index contributed by atoms with van der Waals surface area (Å²) in [4.78, 5) is 41.1. The molecule has 2 unspecified atom stereocenters. The number of likely N-dealkylation sites (N-methyl/N-ethyl adjacent to an activating group) is 1. The fourth-order valence-corrected chi connectivity index (χ4v) is 9.39. The first-order chi connectivity index (χ1) is 35.8. The molecule has 0 aliphatic carbocycles. The van der Waals surface area contributed by atoms with E-state index in [-0.39, 0.29) is 18.1 Å². The SMILES string of the molecule is CCCCc1ccc(NC(=O)Nc2ccc(C3CCNC3)cc2)c(C)c1.CN1CCN(c2ccc(NC(=O)Nc3ccc(Cl)c(Cl)c3)cc2)CC1.O=C(Nc1ccc(C2CCNC2)cc1)Nc1ccc(Cl)c(Cl)c1. The predicted molar refractivity (Wildman–Crippen MR) is 310 cm³/mol. The van der Waals surface area contributed by atoms with Gasteiger partial charge in [-0.25, -0.2) is 14.4 Å². The number of nitrogens with zero attached hydrogens (tertiary/aromatic N) is 2. The lowest BCUT2D eigenvalue weighted by atomic mass is 9.98. The molecule has 3 aliphatic heterocycles. The first-order valence-electron chi connectivity index (χ1n) is 25.2. The van der Waals surface area contributed by atoms with Crippen LogP contribution < -0.4 is 47.4 Å². The van der Waals surface area contributed by atoms with Crippen LogP contribution in [0.3, 0.4) is 0 Å². The van der Waals surface area contributed by atoms with Crippen LogP contribution in [0.15, 0.2) is 127 Å². The molecule has 13 nitrogen and oxygen atoms in total. The number of hydrogen-bond donors (Lipinski definition) is 8. The van der Waals surface area contributed by atoms with Gasteiger partial charge in [-0.15, -0.1) is 0 Å². The van der Waals surface area contributed by atoms with E-state index >= 15 is 0 Å². The highest BCUT2D eigenvalue weighted by Crippen LogP contribution is 2.29. The first kappa shape index (κ1) is 55.7. The van der Waals surface area contributed by atoms with Gasteiger partial charge >= 0.3 is 18.1 Å². The van der Waals surface area contributed by atoms with Crippen molar-refractivity contribution < 1.29 is 14.4 Å². The molecule has 17 heteroatoms. The van der Waals surface area contributed by atoms with E-state index in [0.29, 0.717) is 43.3 Å². The molecule has 0 bridgehead atoms. The number of aryl methyl sites for hydroxylation is 2. The molecular weight excluding hydrogens is 1010 g/mol. The molecule has 3 saturated heterocycles. The van der Waals surface area contributed by atoms with Crippen molar-refractivity contribution >= 4 is 104 Å². The van der Waals surface area contributed by atoms with E-state index in [2.05, 4.69) is 103 Å². The Morgan fingerprint density at radius 2 is 0.959 bits per heavy atom. The van der Waals surface area contributed by atoms with Crippen molar-refractivity contribution in [3.63, 3.8) is 0 Å². The van der Waals surface area contributed by atoms with Crippen LogP contribution in [-0.4, -0.2) is 82.4 Å². The summed E-state index contributed by atoms with van der Waals surface area (Å²) in [6.07, 6.45) is 5.81. The number of rotatable bonds is 12. The zero-order chi connectivity index (χ0) is 52.4. The Hall–Kier alpha value is -6.03. The van der Waals surface area contributed by atoms with E-state index in [0.717, 1.165) is 93.5 Å². The van der Waals surface area contributed by atoms with Gasteiger partial charge in [0.1, 0.15) is 0 Å². The van der Waals surface area contributed by atoms with E-state index in [4.69, 9.17) is 46.4 Å². The van der Waals surface area contributed by atoms with E-state index in [9.17, 15) is 14.4 Å². The van der Waals surface area contributed by atoms with Crippen molar-refractivity contribution in [1.29, 1.82) is 0 Å². The second-order valence-electron chi connectivity index (χ2n) is 18.7. The lowest BCUT2D eigenvalue weighted by molar-refractivity contribution is 0.261.